The molecule has 0 amide bonds. The number of halogens is 1. The van der Waals surface area contributed by atoms with Gasteiger partial charge in [0.2, 0.25) is 0 Å². The molecule has 10 nitrogen and oxygen atoms in total. The summed E-state index contributed by atoms with van der Waals surface area (Å²) < 4.78 is 8.66. The van der Waals surface area contributed by atoms with Crippen molar-refractivity contribution < 1.29 is 9.53 Å². The Labute approximate surface area is 289 Å². The third kappa shape index (κ3) is 7.71. The summed E-state index contributed by atoms with van der Waals surface area (Å²) in [7, 11) is 0. The topological polar surface area (TPSA) is 112 Å². The number of allylic oxidation sites excluding steroid dienone is 1. The molecular weight excluding hydrogens is 640 g/mol. The van der Waals surface area contributed by atoms with Crippen LogP contribution >= 0.6 is 11.6 Å². The molecule has 0 spiro atoms. The molecule has 1 aromatic carbocycles. The Kier molecular flexibility index (Phi) is 10.5. The van der Waals surface area contributed by atoms with E-state index in [2.05, 4.69) is 39.1 Å². The molecule has 6 rings (SSSR count). The number of aromatic nitrogens is 5. The van der Waals surface area contributed by atoms with Crippen molar-refractivity contribution in [3.05, 3.63) is 133 Å². The number of ketones is 1. The molecule has 0 bridgehead atoms. The largest absolute Gasteiger partial charge is 0.378 e. The third-order valence-corrected chi connectivity index (χ3v) is 9.00. The van der Waals surface area contributed by atoms with Gasteiger partial charge in [-0.2, -0.15) is 0 Å². The molecule has 11 heteroatoms. The average molecular weight is 679 g/mol. The first-order valence-electron chi connectivity index (χ1n) is 16.5. The molecule has 0 atom stereocenters. The highest BCUT2D eigenvalue weighted by Crippen LogP contribution is 2.23. The van der Waals surface area contributed by atoms with Crippen LogP contribution in [0.5, 0.6) is 0 Å². The van der Waals surface area contributed by atoms with Crippen molar-refractivity contribution in [1.82, 2.24) is 24.1 Å². The van der Waals surface area contributed by atoms with Gasteiger partial charge < -0.3 is 14.2 Å². The highest BCUT2D eigenvalue weighted by Gasteiger charge is 2.18. The number of carbonyl (C=O) groups excluding carboxylic acids is 1. The Bertz CT molecular complexity index is 2110. The fraction of sp³-hybridized carbons (Fsp3) is 0.316. The number of Topliss-reactive ketones (excluding diaryl/α,β-unsaturated/α-hetero) is 1. The van der Waals surface area contributed by atoms with E-state index in [0.717, 1.165) is 48.4 Å². The van der Waals surface area contributed by atoms with Crippen LogP contribution in [0.25, 0.3) is 17.1 Å². The number of hydrogen-bond acceptors (Lipinski definition) is 8. The lowest BCUT2D eigenvalue weighted by Gasteiger charge is -2.28. The van der Waals surface area contributed by atoms with Crippen LogP contribution < -0.4 is 16.0 Å². The minimum atomic E-state index is -0.360. The van der Waals surface area contributed by atoms with E-state index in [9.17, 15) is 14.4 Å². The van der Waals surface area contributed by atoms with E-state index in [-0.39, 0.29) is 41.5 Å². The Morgan fingerprint density at radius 1 is 0.980 bits per heavy atom. The summed E-state index contributed by atoms with van der Waals surface area (Å²) in [6.07, 6.45) is 9.68. The molecule has 49 heavy (non-hydrogen) atoms. The highest BCUT2D eigenvalue weighted by atomic mass is 35.5. The number of rotatable bonds is 11. The van der Waals surface area contributed by atoms with Gasteiger partial charge in [-0.05, 0) is 74.2 Å². The predicted molar refractivity (Wildman–Crippen MR) is 193 cm³/mol. The van der Waals surface area contributed by atoms with Crippen molar-refractivity contribution in [2.45, 2.75) is 52.6 Å². The molecule has 1 aliphatic rings. The maximum Gasteiger partial charge on any atom is 0.261 e. The number of fused-ring (bicyclic) bond motifs is 1. The SMILES string of the molecule is Cc1c(/C=C/CCC(=O)c2cccn(Cc3ccc(Cl)nc3)c2=O)c(=O)n(C(C)C)c2nc(Cc3ccc(N4CCOCC4)cc3)ncc12. The van der Waals surface area contributed by atoms with Crippen molar-refractivity contribution in [3.8, 4) is 0 Å². The van der Waals surface area contributed by atoms with Gasteiger partial charge in [0.1, 0.15) is 16.6 Å². The number of carbonyl (C=O) groups is 1. The molecule has 1 aliphatic heterocycles. The van der Waals surface area contributed by atoms with E-state index in [0.29, 0.717) is 35.0 Å². The van der Waals surface area contributed by atoms with Gasteiger partial charge >= 0.3 is 0 Å². The van der Waals surface area contributed by atoms with Crippen molar-refractivity contribution in [2.24, 2.45) is 0 Å². The summed E-state index contributed by atoms with van der Waals surface area (Å²) in [5.41, 5.74) is 4.60. The molecule has 0 saturated carbocycles. The molecule has 5 heterocycles. The van der Waals surface area contributed by atoms with E-state index in [1.165, 1.54) is 10.3 Å². The zero-order valence-corrected chi connectivity index (χ0v) is 28.7. The number of nitrogens with zero attached hydrogens (tertiary/aromatic N) is 6. The Balaban J connectivity index is 1.17. The minimum Gasteiger partial charge on any atom is -0.378 e. The molecule has 0 unspecified atom stereocenters. The van der Waals surface area contributed by atoms with Crippen molar-refractivity contribution in [2.75, 3.05) is 31.2 Å². The van der Waals surface area contributed by atoms with Crippen LogP contribution in [0.3, 0.4) is 0 Å². The van der Waals surface area contributed by atoms with E-state index in [1.54, 1.807) is 53.5 Å². The van der Waals surface area contributed by atoms with Gasteiger partial charge in [0.15, 0.2) is 5.78 Å². The smallest absolute Gasteiger partial charge is 0.261 e. The molecule has 0 N–H and O–H groups in total. The van der Waals surface area contributed by atoms with E-state index >= 15 is 0 Å². The molecule has 0 aliphatic carbocycles. The number of benzene rings is 1. The second-order valence-electron chi connectivity index (χ2n) is 12.5. The van der Waals surface area contributed by atoms with Gasteiger partial charge in [-0.15, -0.1) is 0 Å². The number of aryl methyl sites for hydroxylation is 1. The fourth-order valence-corrected chi connectivity index (χ4v) is 6.21. The molecule has 4 aromatic heterocycles. The van der Waals surface area contributed by atoms with Crippen molar-refractivity contribution >= 4 is 40.2 Å². The molecular formula is C38H39ClN6O4. The fourth-order valence-electron chi connectivity index (χ4n) is 6.10. The summed E-state index contributed by atoms with van der Waals surface area (Å²) >= 11 is 5.87. The lowest BCUT2D eigenvalue weighted by molar-refractivity contribution is 0.0981. The number of ether oxygens (including phenoxy) is 1. The summed E-state index contributed by atoms with van der Waals surface area (Å²) in [6.45, 7) is 9.35. The van der Waals surface area contributed by atoms with Gasteiger partial charge in [0.05, 0.1) is 25.3 Å². The van der Waals surface area contributed by atoms with Crippen LogP contribution in [0.4, 0.5) is 5.69 Å². The van der Waals surface area contributed by atoms with Crippen molar-refractivity contribution in [3.63, 3.8) is 0 Å². The standard InChI is InChI=1S/C38H39ClN6O4/c1-25(2)45-36-32(23-41-35(42-36)21-27-10-13-29(14-11-27)43-17-19-49-20-18-43)26(3)30(38(45)48)7-4-5-9-33(46)31-8-6-16-44(37(31)47)24-28-12-15-34(39)40-22-28/h4,6-8,10-16,22-23,25H,5,9,17-21,24H2,1-3H3/b7-4+. The van der Waals surface area contributed by atoms with E-state index in [4.69, 9.17) is 21.3 Å². The van der Waals surface area contributed by atoms with Gasteiger partial charge in [0, 0.05) is 67.2 Å². The highest BCUT2D eigenvalue weighted by molar-refractivity contribution is 6.29. The van der Waals surface area contributed by atoms with Crippen molar-refractivity contribution in [1.29, 1.82) is 0 Å². The van der Waals surface area contributed by atoms with E-state index in [1.807, 2.05) is 26.8 Å². The summed E-state index contributed by atoms with van der Waals surface area (Å²) in [6, 6.07) is 15.0. The monoisotopic (exact) mass is 678 g/mol. The average Bonchev–Trinajstić information content (AvgIpc) is 3.10. The third-order valence-electron chi connectivity index (χ3n) is 8.78. The maximum absolute atomic E-state index is 13.8. The van der Waals surface area contributed by atoms with Gasteiger partial charge in [0.25, 0.3) is 11.1 Å². The Morgan fingerprint density at radius 3 is 2.45 bits per heavy atom. The van der Waals surface area contributed by atoms with E-state index < -0.39 is 0 Å². The van der Waals surface area contributed by atoms with Crippen LogP contribution in [0.2, 0.25) is 5.15 Å². The molecule has 252 valence electrons. The summed E-state index contributed by atoms with van der Waals surface area (Å²) in [4.78, 5) is 55.9. The number of morpholine rings is 1. The van der Waals surface area contributed by atoms with Crippen LogP contribution in [-0.2, 0) is 17.7 Å². The van der Waals surface area contributed by atoms with Crippen LogP contribution in [0.15, 0.2) is 82.8 Å². The lowest BCUT2D eigenvalue weighted by Crippen LogP contribution is -2.36. The molecule has 1 saturated heterocycles. The summed E-state index contributed by atoms with van der Waals surface area (Å²) in [5.74, 6) is 0.385. The number of pyridine rings is 3. The quantitative estimate of drug-likeness (QED) is 0.123. The predicted octanol–water partition coefficient (Wildman–Crippen LogP) is 6.04. The second kappa shape index (κ2) is 15.1. The number of hydrogen-bond donors (Lipinski definition) is 0. The van der Waals surface area contributed by atoms with Gasteiger partial charge in [-0.3, -0.25) is 19.0 Å². The summed E-state index contributed by atoms with van der Waals surface area (Å²) in [5, 5.41) is 1.17. The normalized spacial score (nSPS) is 13.5. The number of anilines is 1. The molecule has 5 aromatic rings. The van der Waals surface area contributed by atoms with Gasteiger partial charge in [-0.1, -0.05) is 42.0 Å². The lowest BCUT2D eigenvalue weighted by atomic mass is 10.0. The zero-order chi connectivity index (χ0) is 34.5. The first kappa shape index (κ1) is 34.0. The van der Waals surface area contributed by atoms with Gasteiger partial charge in [-0.25, -0.2) is 15.0 Å². The maximum atomic E-state index is 13.8. The Hall–Kier alpha value is -4.93. The van der Waals surface area contributed by atoms with Crippen LogP contribution in [0, 0.1) is 6.92 Å². The first-order chi connectivity index (χ1) is 23.7. The molecule has 1 fully saturated rings. The molecule has 0 radical (unpaired) electrons. The first-order valence-corrected chi connectivity index (χ1v) is 16.9. The van der Waals surface area contributed by atoms with Crippen LogP contribution in [-0.4, -0.2) is 56.2 Å². The second-order valence-corrected chi connectivity index (χ2v) is 12.9. The zero-order valence-electron chi connectivity index (χ0n) is 27.9. The van der Waals surface area contributed by atoms with Crippen LogP contribution in [0.1, 0.15) is 71.2 Å². The minimum absolute atomic E-state index is 0.128. The Morgan fingerprint density at radius 2 is 1.73 bits per heavy atom.